The van der Waals surface area contributed by atoms with E-state index < -0.39 is 0 Å². The van der Waals surface area contributed by atoms with Gasteiger partial charge in [-0.25, -0.2) is 0 Å². The Kier molecular flexibility index (Phi) is 5.38. The van der Waals surface area contributed by atoms with Crippen LogP contribution in [0.3, 0.4) is 0 Å². The highest BCUT2D eigenvalue weighted by atomic mass is 15.0. The van der Waals surface area contributed by atoms with Gasteiger partial charge in [0.1, 0.15) is 0 Å². The highest BCUT2D eigenvalue weighted by Crippen LogP contribution is 2.42. The maximum Gasteiger partial charge on any atom is 0.0620 e. The van der Waals surface area contributed by atoms with Gasteiger partial charge < -0.3 is 13.7 Å². The lowest BCUT2D eigenvalue weighted by atomic mass is 10.0. The van der Waals surface area contributed by atoms with E-state index in [1.807, 2.05) is 0 Å². The standard InChI is InChI=1S/C46H29N3/c1-3-13-31(14-4-1)47-41-20-10-9-19-36(41)40-28-33(24-26-44(40)47)49-43-22-12-7-17-34(43)37-25-23-30-27-39-35-18-8-11-21-42(35)48(32-15-5-2-6-16-32)45(39)29-38(30)46(37)49/h1-29H. The van der Waals surface area contributed by atoms with Gasteiger partial charge in [0.25, 0.3) is 0 Å². The molecule has 0 aliphatic carbocycles. The second kappa shape index (κ2) is 9.96. The van der Waals surface area contributed by atoms with Crippen molar-refractivity contribution in [3.8, 4) is 17.1 Å². The van der Waals surface area contributed by atoms with Crippen molar-refractivity contribution in [2.24, 2.45) is 0 Å². The molecule has 3 aromatic heterocycles. The fraction of sp³-hybridized carbons (Fsp3) is 0. The molecule has 0 bridgehead atoms. The molecular weight excluding hydrogens is 595 g/mol. The minimum Gasteiger partial charge on any atom is -0.309 e. The predicted octanol–water partition coefficient (Wildman–Crippen LogP) is 12.1. The van der Waals surface area contributed by atoms with Crippen LogP contribution in [0, 0.1) is 0 Å². The molecule has 3 heterocycles. The molecule has 11 rings (SSSR count). The third-order valence-corrected chi connectivity index (χ3v) is 10.4. The van der Waals surface area contributed by atoms with Crippen molar-refractivity contribution < 1.29 is 0 Å². The summed E-state index contributed by atoms with van der Waals surface area (Å²) in [6.45, 7) is 0. The molecule has 3 heteroatoms. The Hall–Kier alpha value is -6.58. The summed E-state index contributed by atoms with van der Waals surface area (Å²) in [5.41, 5.74) is 10.8. The maximum absolute atomic E-state index is 2.49. The number of hydrogen-bond acceptors (Lipinski definition) is 0. The van der Waals surface area contributed by atoms with Gasteiger partial charge in [0, 0.05) is 54.8 Å². The average Bonchev–Trinajstić information content (AvgIpc) is 3.80. The normalized spacial score (nSPS) is 12.1. The fourth-order valence-electron chi connectivity index (χ4n) is 8.33. The van der Waals surface area contributed by atoms with Crippen LogP contribution >= 0.6 is 0 Å². The van der Waals surface area contributed by atoms with E-state index in [-0.39, 0.29) is 0 Å². The summed E-state index contributed by atoms with van der Waals surface area (Å²) in [6, 6.07) is 64.2. The first-order valence-corrected chi connectivity index (χ1v) is 16.9. The number of benzene rings is 8. The number of para-hydroxylation sites is 5. The Labute approximate surface area is 282 Å². The minimum atomic E-state index is 1.16. The van der Waals surface area contributed by atoms with E-state index in [0.29, 0.717) is 0 Å². The number of rotatable bonds is 3. The molecular formula is C46H29N3. The van der Waals surface area contributed by atoms with Crippen LogP contribution in [0.4, 0.5) is 0 Å². The van der Waals surface area contributed by atoms with Crippen LogP contribution in [0.1, 0.15) is 0 Å². The third-order valence-electron chi connectivity index (χ3n) is 10.4. The summed E-state index contributed by atoms with van der Waals surface area (Å²) in [4.78, 5) is 0. The summed E-state index contributed by atoms with van der Waals surface area (Å²) in [7, 11) is 0. The Morgan fingerprint density at radius 3 is 1.37 bits per heavy atom. The van der Waals surface area contributed by atoms with Gasteiger partial charge in [-0.05, 0) is 78.2 Å². The molecule has 0 N–H and O–H groups in total. The zero-order valence-electron chi connectivity index (χ0n) is 26.6. The van der Waals surface area contributed by atoms with E-state index in [2.05, 4.69) is 190 Å². The molecule has 49 heavy (non-hydrogen) atoms. The largest absolute Gasteiger partial charge is 0.309 e. The van der Waals surface area contributed by atoms with Crippen molar-refractivity contribution in [3.05, 3.63) is 176 Å². The summed E-state index contributed by atoms with van der Waals surface area (Å²) in [5.74, 6) is 0. The van der Waals surface area contributed by atoms with Crippen LogP contribution in [0.2, 0.25) is 0 Å². The molecule has 0 atom stereocenters. The molecule has 0 aliphatic rings. The molecule has 3 nitrogen and oxygen atoms in total. The van der Waals surface area contributed by atoms with Crippen LogP contribution in [0.15, 0.2) is 176 Å². The maximum atomic E-state index is 2.49. The molecule has 0 saturated carbocycles. The van der Waals surface area contributed by atoms with Crippen LogP contribution in [-0.4, -0.2) is 13.7 Å². The smallest absolute Gasteiger partial charge is 0.0620 e. The first kappa shape index (κ1) is 26.5. The van der Waals surface area contributed by atoms with Crippen molar-refractivity contribution in [1.29, 1.82) is 0 Å². The van der Waals surface area contributed by atoms with Crippen molar-refractivity contribution in [1.82, 2.24) is 13.7 Å². The molecule has 0 spiro atoms. The van der Waals surface area contributed by atoms with E-state index in [9.17, 15) is 0 Å². The number of nitrogens with zero attached hydrogens (tertiary/aromatic N) is 3. The molecule has 11 aromatic rings. The summed E-state index contributed by atoms with van der Waals surface area (Å²) in [5, 5.41) is 10.0. The first-order valence-electron chi connectivity index (χ1n) is 16.9. The SMILES string of the molecule is c1ccc(-n2c3ccccc3c3cc(-n4c5ccccc5c5ccc6cc7c8ccccc8n(-c8ccccc8)c7cc6c54)ccc32)cc1. The van der Waals surface area contributed by atoms with E-state index >= 15 is 0 Å². The predicted molar refractivity (Wildman–Crippen MR) is 207 cm³/mol. The third kappa shape index (κ3) is 3.67. The number of hydrogen-bond donors (Lipinski definition) is 0. The van der Waals surface area contributed by atoms with Crippen molar-refractivity contribution in [2.45, 2.75) is 0 Å². The summed E-state index contributed by atoms with van der Waals surface area (Å²) in [6.07, 6.45) is 0. The Morgan fingerprint density at radius 2 is 0.735 bits per heavy atom. The Balaban J connectivity index is 1.27. The van der Waals surface area contributed by atoms with Gasteiger partial charge in [0.05, 0.1) is 33.1 Å². The molecule has 0 saturated heterocycles. The molecule has 8 aromatic carbocycles. The van der Waals surface area contributed by atoms with E-state index in [1.165, 1.54) is 87.6 Å². The van der Waals surface area contributed by atoms with Gasteiger partial charge in [-0.15, -0.1) is 0 Å². The van der Waals surface area contributed by atoms with E-state index in [1.54, 1.807) is 0 Å². The molecule has 0 radical (unpaired) electrons. The van der Waals surface area contributed by atoms with Crippen LogP contribution in [0.25, 0.3) is 93.3 Å². The van der Waals surface area contributed by atoms with E-state index in [0.717, 1.165) is 5.69 Å². The molecule has 0 amide bonds. The van der Waals surface area contributed by atoms with Gasteiger partial charge in [0.2, 0.25) is 0 Å². The quantitative estimate of drug-likeness (QED) is 0.186. The molecule has 0 fully saturated rings. The Morgan fingerprint density at radius 1 is 0.245 bits per heavy atom. The number of fused-ring (bicyclic) bond motifs is 11. The zero-order chi connectivity index (χ0) is 32.1. The van der Waals surface area contributed by atoms with Crippen molar-refractivity contribution in [2.75, 3.05) is 0 Å². The topological polar surface area (TPSA) is 14.8 Å². The molecule has 0 aliphatic heterocycles. The second-order valence-electron chi connectivity index (χ2n) is 13.0. The van der Waals surface area contributed by atoms with Crippen LogP contribution in [-0.2, 0) is 0 Å². The monoisotopic (exact) mass is 623 g/mol. The lowest BCUT2D eigenvalue weighted by Gasteiger charge is -2.12. The van der Waals surface area contributed by atoms with Gasteiger partial charge in [0.15, 0.2) is 0 Å². The highest BCUT2D eigenvalue weighted by Gasteiger charge is 2.20. The van der Waals surface area contributed by atoms with Gasteiger partial charge in [-0.2, -0.15) is 0 Å². The van der Waals surface area contributed by atoms with Gasteiger partial charge in [-0.1, -0.05) is 103 Å². The molecule has 0 unspecified atom stereocenters. The van der Waals surface area contributed by atoms with E-state index in [4.69, 9.17) is 0 Å². The van der Waals surface area contributed by atoms with Crippen molar-refractivity contribution >= 4 is 76.2 Å². The summed E-state index contributed by atoms with van der Waals surface area (Å²) >= 11 is 0. The lowest BCUT2D eigenvalue weighted by molar-refractivity contribution is 1.17. The average molecular weight is 624 g/mol. The van der Waals surface area contributed by atoms with Crippen molar-refractivity contribution in [3.63, 3.8) is 0 Å². The fourth-order valence-corrected chi connectivity index (χ4v) is 8.33. The highest BCUT2D eigenvalue weighted by molar-refractivity contribution is 6.23. The van der Waals surface area contributed by atoms with Crippen LogP contribution in [0.5, 0.6) is 0 Å². The Bertz CT molecular complexity index is 3090. The summed E-state index contributed by atoms with van der Waals surface area (Å²) < 4.78 is 7.29. The minimum absolute atomic E-state index is 1.16. The van der Waals surface area contributed by atoms with Crippen LogP contribution < -0.4 is 0 Å². The first-order chi connectivity index (χ1) is 24.3. The number of aromatic nitrogens is 3. The molecule has 228 valence electrons. The van der Waals surface area contributed by atoms with Gasteiger partial charge >= 0.3 is 0 Å². The zero-order valence-corrected chi connectivity index (χ0v) is 26.6. The second-order valence-corrected chi connectivity index (χ2v) is 13.0. The van der Waals surface area contributed by atoms with Gasteiger partial charge in [-0.3, -0.25) is 0 Å². The lowest BCUT2D eigenvalue weighted by Crippen LogP contribution is -1.96.